The van der Waals surface area contributed by atoms with Crippen LogP contribution in [0.3, 0.4) is 0 Å². The first kappa shape index (κ1) is 25.4. The maximum atomic E-state index is 13.0. The second-order valence-corrected chi connectivity index (χ2v) is 9.69. The molecule has 1 aromatic carbocycles. The Labute approximate surface area is 203 Å². The van der Waals surface area contributed by atoms with Gasteiger partial charge in [0.2, 0.25) is 0 Å². The summed E-state index contributed by atoms with van der Waals surface area (Å²) in [4.78, 5) is 20.6. The van der Waals surface area contributed by atoms with Crippen LogP contribution in [0.2, 0.25) is 0 Å². The Morgan fingerprint density at radius 1 is 1.14 bits per heavy atom. The minimum atomic E-state index is -4.52. The van der Waals surface area contributed by atoms with Crippen molar-refractivity contribution in [3.05, 3.63) is 58.4 Å². The van der Waals surface area contributed by atoms with Crippen LogP contribution in [0.4, 0.5) is 13.2 Å². The molecule has 2 aromatic rings. The fraction of sp³-hybridized carbons (Fsp3) is 0.538. The van der Waals surface area contributed by atoms with Gasteiger partial charge in [0.05, 0.1) is 18.3 Å². The zero-order chi connectivity index (χ0) is 25.5. The van der Waals surface area contributed by atoms with Crippen LogP contribution in [0.5, 0.6) is 5.75 Å². The van der Waals surface area contributed by atoms with E-state index in [1.807, 2.05) is 13.0 Å². The Bertz CT molecular complexity index is 1070. The third kappa shape index (κ3) is 5.16. The average Bonchev–Trinajstić information content (AvgIpc) is 3.41. The summed E-state index contributed by atoms with van der Waals surface area (Å²) in [6.45, 7) is 9.76. The van der Waals surface area contributed by atoms with Gasteiger partial charge in [-0.2, -0.15) is 13.2 Å². The third-order valence-electron chi connectivity index (χ3n) is 7.36. The van der Waals surface area contributed by atoms with Crippen LogP contribution >= 0.6 is 0 Å². The number of alkyl halides is 3. The largest absolute Gasteiger partial charge is 0.493 e. The van der Waals surface area contributed by atoms with Gasteiger partial charge in [0.1, 0.15) is 11.4 Å². The fourth-order valence-electron chi connectivity index (χ4n) is 5.22. The van der Waals surface area contributed by atoms with Crippen LogP contribution < -0.4 is 4.74 Å². The van der Waals surface area contributed by atoms with E-state index in [9.17, 15) is 23.1 Å². The molecular formula is C26H32F3N3O3. The van der Waals surface area contributed by atoms with Crippen molar-refractivity contribution in [1.29, 1.82) is 0 Å². The molecule has 6 nitrogen and oxygen atoms in total. The van der Waals surface area contributed by atoms with Gasteiger partial charge < -0.3 is 14.7 Å². The lowest BCUT2D eigenvalue weighted by Crippen LogP contribution is -2.49. The van der Waals surface area contributed by atoms with Crippen molar-refractivity contribution in [3.63, 3.8) is 0 Å². The Morgan fingerprint density at radius 3 is 2.46 bits per heavy atom. The number of rotatable bonds is 7. The Balaban J connectivity index is 1.41. The number of ether oxygens (including phenoxy) is 1. The number of hydrogen-bond donors (Lipinski definition) is 1. The predicted octanol–water partition coefficient (Wildman–Crippen LogP) is 4.53. The Morgan fingerprint density at radius 2 is 1.89 bits per heavy atom. The highest BCUT2D eigenvalue weighted by Crippen LogP contribution is 2.39. The van der Waals surface area contributed by atoms with Crippen molar-refractivity contribution in [1.82, 2.24) is 14.8 Å². The standard InChI is InChI=1S/C26H32F3N3O3/c1-15(33)9-10-35-23-7-6-22(16(2)17(23)3)18(4)31-13-21-11-20(31)14-32(21)25(34)19-5-8-24(30-12-19)26(27,28)29/h5-8,12,15,18,20-21,33H,9-11,13-14H2,1-4H3/t15-,18+,20-,21-/m1/s1. The van der Waals surface area contributed by atoms with E-state index < -0.39 is 18.0 Å². The lowest BCUT2D eigenvalue weighted by Gasteiger charge is -2.38. The molecule has 35 heavy (non-hydrogen) atoms. The van der Waals surface area contributed by atoms with E-state index in [-0.39, 0.29) is 29.6 Å². The smallest absolute Gasteiger partial charge is 0.433 e. The number of likely N-dealkylation sites (tertiary alicyclic amines) is 2. The van der Waals surface area contributed by atoms with Crippen LogP contribution in [0, 0.1) is 13.8 Å². The highest BCUT2D eigenvalue weighted by molar-refractivity contribution is 5.94. The van der Waals surface area contributed by atoms with Gasteiger partial charge >= 0.3 is 6.18 Å². The second kappa shape index (κ2) is 9.78. The average molecular weight is 492 g/mol. The summed E-state index contributed by atoms with van der Waals surface area (Å²) in [5, 5.41) is 9.45. The molecule has 2 aliphatic rings. The maximum absolute atomic E-state index is 13.0. The molecule has 0 radical (unpaired) electrons. The number of amides is 1. The summed E-state index contributed by atoms with van der Waals surface area (Å²) in [6.07, 6.45) is -2.48. The number of piperazine rings is 1. The van der Waals surface area contributed by atoms with Gasteiger partial charge in [-0.25, -0.2) is 0 Å². The van der Waals surface area contributed by atoms with Gasteiger partial charge in [0.15, 0.2) is 0 Å². The van der Waals surface area contributed by atoms with E-state index in [2.05, 4.69) is 29.8 Å². The molecule has 0 spiro atoms. The number of hydrogen-bond acceptors (Lipinski definition) is 5. The molecule has 1 N–H and O–H groups in total. The lowest BCUT2D eigenvalue weighted by atomic mass is 9.96. The van der Waals surface area contributed by atoms with Gasteiger partial charge in [-0.15, -0.1) is 0 Å². The quantitative estimate of drug-likeness (QED) is 0.617. The zero-order valence-electron chi connectivity index (χ0n) is 20.5. The van der Waals surface area contributed by atoms with E-state index >= 15 is 0 Å². The summed E-state index contributed by atoms with van der Waals surface area (Å²) in [7, 11) is 0. The first-order valence-electron chi connectivity index (χ1n) is 12.0. The SMILES string of the molecule is Cc1c(OCC[C@@H](C)O)ccc([C@H](C)N2C[C@H]3C[C@@H]2CN3C(=O)c2ccc(C(F)(F)F)nc2)c1C. The van der Waals surface area contributed by atoms with E-state index in [0.717, 1.165) is 36.5 Å². The third-order valence-corrected chi connectivity index (χ3v) is 7.36. The molecular weight excluding hydrogens is 459 g/mol. The summed E-state index contributed by atoms with van der Waals surface area (Å²) in [5.74, 6) is 0.556. The topological polar surface area (TPSA) is 65.9 Å². The number of carbonyl (C=O) groups is 1. The molecule has 1 aromatic heterocycles. The number of pyridine rings is 1. The molecule has 190 valence electrons. The van der Waals surface area contributed by atoms with E-state index in [4.69, 9.17) is 4.74 Å². The molecule has 1 amide bonds. The van der Waals surface area contributed by atoms with Crippen molar-refractivity contribution >= 4 is 5.91 Å². The minimum Gasteiger partial charge on any atom is -0.493 e. The summed E-state index contributed by atoms with van der Waals surface area (Å²) < 4.78 is 44.2. The molecule has 2 fully saturated rings. The molecule has 2 saturated heterocycles. The molecule has 4 rings (SSSR count). The highest BCUT2D eigenvalue weighted by atomic mass is 19.4. The molecule has 3 heterocycles. The number of aliphatic hydroxyl groups excluding tert-OH is 1. The summed E-state index contributed by atoms with van der Waals surface area (Å²) in [6, 6.07) is 6.52. The first-order chi connectivity index (χ1) is 16.5. The first-order valence-corrected chi connectivity index (χ1v) is 12.0. The molecule has 4 atom stereocenters. The number of nitrogens with zero attached hydrogens (tertiary/aromatic N) is 3. The molecule has 0 unspecified atom stereocenters. The summed E-state index contributed by atoms with van der Waals surface area (Å²) >= 11 is 0. The lowest BCUT2D eigenvalue weighted by molar-refractivity contribution is -0.141. The number of halogens is 3. The molecule has 9 heteroatoms. The van der Waals surface area contributed by atoms with Crippen LogP contribution in [0.15, 0.2) is 30.5 Å². The van der Waals surface area contributed by atoms with Gasteiger partial charge in [-0.1, -0.05) is 6.07 Å². The Kier molecular flexibility index (Phi) is 7.11. The van der Waals surface area contributed by atoms with Gasteiger partial charge in [0, 0.05) is 43.8 Å². The van der Waals surface area contributed by atoms with E-state index in [1.165, 1.54) is 17.2 Å². The van der Waals surface area contributed by atoms with E-state index in [1.54, 1.807) is 11.8 Å². The van der Waals surface area contributed by atoms with Crippen molar-refractivity contribution < 1.29 is 27.8 Å². The van der Waals surface area contributed by atoms with Crippen molar-refractivity contribution in [3.8, 4) is 5.75 Å². The number of aromatic nitrogens is 1. The van der Waals surface area contributed by atoms with Gasteiger partial charge in [-0.05, 0) is 69.0 Å². The Hall–Kier alpha value is -2.65. The molecule has 2 aliphatic heterocycles. The van der Waals surface area contributed by atoms with Gasteiger partial charge in [-0.3, -0.25) is 14.7 Å². The summed E-state index contributed by atoms with van der Waals surface area (Å²) in [5.41, 5.74) is 2.64. The molecule has 2 bridgehead atoms. The fourth-order valence-corrected chi connectivity index (χ4v) is 5.22. The van der Waals surface area contributed by atoms with Crippen LogP contribution in [0.25, 0.3) is 0 Å². The van der Waals surface area contributed by atoms with Crippen LogP contribution in [-0.4, -0.2) is 63.7 Å². The van der Waals surface area contributed by atoms with E-state index in [0.29, 0.717) is 19.6 Å². The monoisotopic (exact) mass is 491 g/mol. The molecule has 0 saturated carbocycles. The second-order valence-electron chi connectivity index (χ2n) is 9.69. The number of aliphatic hydroxyl groups is 1. The highest BCUT2D eigenvalue weighted by Gasteiger charge is 2.47. The number of benzene rings is 1. The minimum absolute atomic E-state index is 0.0294. The molecule has 0 aliphatic carbocycles. The zero-order valence-corrected chi connectivity index (χ0v) is 20.5. The van der Waals surface area contributed by atoms with Crippen molar-refractivity contribution in [2.45, 2.75) is 70.9 Å². The van der Waals surface area contributed by atoms with Crippen molar-refractivity contribution in [2.24, 2.45) is 0 Å². The van der Waals surface area contributed by atoms with Gasteiger partial charge in [0.25, 0.3) is 5.91 Å². The number of carbonyl (C=O) groups excluding carboxylic acids is 1. The van der Waals surface area contributed by atoms with Crippen LogP contribution in [-0.2, 0) is 6.18 Å². The van der Waals surface area contributed by atoms with Crippen LogP contribution in [0.1, 0.15) is 65.5 Å². The number of fused-ring (bicyclic) bond motifs is 2. The normalized spacial score (nSPS) is 21.9. The predicted molar refractivity (Wildman–Crippen MR) is 125 cm³/mol. The maximum Gasteiger partial charge on any atom is 0.433 e. The van der Waals surface area contributed by atoms with Crippen molar-refractivity contribution in [2.75, 3.05) is 19.7 Å².